The van der Waals surface area contributed by atoms with Gasteiger partial charge in [-0.15, -0.1) is 0 Å². The van der Waals surface area contributed by atoms with Gasteiger partial charge in [0, 0.05) is 6.54 Å². The zero-order chi connectivity index (χ0) is 14.8. The van der Waals surface area contributed by atoms with E-state index in [1.165, 1.54) is 6.33 Å². The molecule has 2 aromatic rings. The van der Waals surface area contributed by atoms with Crippen molar-refractivity contribution in [1.29, 1.82) is 0 Å². The first-order valence-electron chi connectivity index (χ1n) is 6.30. The number of aromatic nitrogens is 3. The molecule has 6 nitrogen and oxygen atoms in total. The Hall–Kier alpha value is -1.73. The van der Waals surface area contributed by atoms with Crippen LogP contribution in [0.3, 0.4) is 0 Å². The molecule has 7 heteroatoms. The Kier molecular flexibility index (Phi) is 4.20. The van der Waals surface area contributed by atoms with E-state index >= 15 is 0 Å². The predicted molar refractivity (Wildman–Crippen MR) is 75.9 cm³/mol. The first-order valence-corrected chi connectivity index (χ1v) is 7.78. The largest absolute Gasteiger partial charge is 0.252 e. The lowest BCUT2D eigenvalue weighted by Crippen LogP contribution is -2.28. The molecular formula is C13H18N4O2S. The Bertz CT molecular complexity index is 670. The maximum atomic E-state index is 12.4. The van der Waals surface area contributed by atoms with Gasteiger partial charge in [-0.3, -0.25) is 4.68 Å². The molecule has 0 amide bonds. The first kappa shape index (κ1) is 14.7. The second-order valence-electron chi connectivity index (χ2n) is 4.78. The smallest absolute Gasteiger partial charge is 0.241 e. The molecule has 20 heavy (non-hydrogen) atoms. The van der Waals surface area contributed by atoms with E-state index in [0.29, 0.717) is 11.4 Å². The van der Waals surface area contributed by atoms with Crippen molar-refractivity contribution in [2.24, 2.45) is 0 Å². The maximum Gasteiger partial charge on any atom is 0.241 e. The molecule has 0 spiro atoms. The average Bonchev–Trinajstić information content (AvgIpc) is 2.79. The number of nitrogens with zero attached hydrogens (tertiary/aromatic N) is 3. The fraction of sp³-hybridized carbons (Fsp3) is 0.385. The zero-order valence-electron chi connectivity index (χ0n) is 11.8. The molecule has 0 saturated heterocycles. The molecule has 0 bridgehead atoms. The van der Waals surface area contributed by atoms with Gasteiger partial charge in [-0.25, -0.2) is 18.1 Å². The fourth-order valence-electron chi connectivity index (χ4n) is 2.31. The molecule has 1 aromatic heterocycles. The van der Waals surface area contributed by atoms with Crippen LogP contribution in [0.2, 0.25) is 0 Å². The Morgan fingerprint density at radius 2 is 1.85 bits per heavy atom. The fourth-order valence-corrected chi connectivity index (χ4v) is 3.78. The molecule has 0 aliphatic heterocycles. The van der Waals surface area contributed by atoms with E-state index in [-0.39, 0.29) is 6.54 Å². The summed E-state index contributed by atoms with van der Waals surface area (Å²) in [5.41, 5.74) is 2.58. The Labute approximate surface area is 118 Å². The van der Waals surface area contributed by atoms with Crippen molar-refractivity contribution in [3.63, 3.8) is 0 Å². The van der Waals surface area contributed by atoms with Crippen LogP contribution in [0.5, 0.6) is 0 Å². The molecule has 0 unspecified atom stereocenters. The maximum absolute atomic E-state index is 12.4. The minimum Gasteiger partial charge on any atom is -0.252 e. The molecule has 0 aliphatic rings. The summed E-state index contributed by atoms with van der Waals surface area (Å²) in [7, 11) is -3.50. The van der Waals surface area contributed by atoms with E-state index < -0.39 is 10.0 Å². The molecule has 1 heterocycles. The van der Waals surface area contributed by atoms with Gasteiger partial charge in [0.25, 0.3) is 0 Å². The van der Waals surface area contributed by atoms with Gasteiger partial charge >= 0.3 is 0 Å². The van der Waals surface area contributed by atoms with E-state index in [2.05, 4.69) is 14.8 Å². The molecule has 1 N–H and O–H groups in total. The molecular weight excluding hydrogens is 276 g/mol. The summed E-state index contributed by atoms with van der Waals surface area (Å²) < 4.78 is 28.9. The van der Waals surface area contributed by atoms with Crippen molar-refractivity contribution >= 4 is 10.0 Å². The topological polar surface area (TPSA) is 76.9 Å². The van der Waals surface area contributed by atoms with Crippen LogP contribution in [0.4, 0.5) is 0 Å². The number of hydrogen-bond donors (Lipinski definition) is 1. The second kappa shape index (κ2) is 5.72. The van der Waals surface area contributed by atoms with Crippen LogP contribution in [-0.4, -0.2) is 29.7 Å². The Balaban J connectivity index is 2.14. The van der Waals surface area contributed by atoms with Gasteiger partial charge < -0.3 is 0 Å². The molecule has 0 atom stereocenters. The van der Waals surface area contributed by atoms with Gasteiger partial charge in [0.05, 0.1) is 11.4 Å². The van der Waals surface area contributed by atoms with E-state index in [1.54, 1.807) is 11.0 Å². The second-order valence-corrected chi connectivity index (χ2v) is 6.49. The molecule has 0 radical (unpaired) electrons. The summed E-state index contributed by atoms with van der Waals surface area (Å²) >= 11 is 0. The molecule has 0 aliphatic carbocycles. The minimum absolute atomic E-state index is 0.276. The number of hydrogen-bond acceptors (Lipinski definition) is 4. The van der Waals surface area contributed by atoms with Crippen molar-refractivity contribution < 1.29 is 8.42 Å². The Morgan fingerprint density at radius 1 is 1.20 bits per heavy atom. The van der Waals surface area contributed by atoms with E-state index in [0.717, 1.165) is 16.7 Å². The van der Waals surface area contributed by atoms with Crippen molar-refractivity contribution in [2.45, 2.75) is 32.2 Å². The van der Waals surface area contributed by atoms with Crippen molar-refractivity contribution in [3.05, 3.63) is 41.5 Å². The molecule has 2 rings (SSSR count). The third-order valence-electron chi connectivity index (χ3n) is 2.97. The van der Waals surface area contributed by atoms with Gasteiger partial charge in [0.1, 0.15) is 12.7 Å². The number of nitrogens with one attached hydrogen (secondary N) is 1. The highest BCUT2D eigenvalue weighted by molar-refractivity contribution is 7.89. The third kappa shape index (κ3) is 3.23. The zero-order valence-corrected chi connectivity index (χ0v) is 12.6. The monoisotopic (exact) mass is 294 g/mol. The van der Waals surface area contributed by atoms with Crippen LogP contribution in [0.25, 0.3) is 0 Å². The van der Waals surface area contributed by atoms with Crippen molar-refractivity contribution in [2.75, 3.05) is 6.54 Å². The number of sulfonamides is 1. The van der Waals surface area contributed by atoms with Crippen LogP contribution >= 0.6 is 0 Å². The van der Waals surface area contributed by atoms with Gasteiger partial charge in [0.15, 0.2) is 0 Å². The standard InChI is InChI=1S/C13H18N4O2S/c1-10-6-11(2)13(12(3)7-10)20(18,19)16-4-5-17-9-14-8-15-17/h6-9,16H,4-5H2,1-3H3. The third-order valence-corrected chi connectivity index (χ3v) is 4.74. The lowest BCUT2D eigenvalue weighted by molar-refractivity contribution is 0.559. The van der Waals surface area contributed by atoms with Crippen LogP contribution in [0.15, 0.2) is 29.7 Å². The average molecular weight is 294 g/mol. The number of rotatable bonds is 5. The van der Waals surface area contributed by atoms with Gasteiger partial charge in [-0.05, 0) is 31.9 Å². The summed E-state index contributed by atoms with van der Waals surface area (Å²) in [6, 6.07) is 3.75. The van der Waals surface area contributed by atoms with E-state index in [1.807, 2.05) is 32.9 Å². The summed E-state index contributed by atoms with van der Waals surface area (Å²) in [4.78, 5) is 4.17. The molecule has 0 saturated carbocycles. The van der Waals surface area contributed by atoms with Crippen LogP contribution in [0.1, 0.15) is 16.7 Å². The van der Waals surface area contributed by atoms with Gasteiger partial charge in [-0.1, -0.05) is 17.7 Å². The van der Waals surface area contributed by atoms with Gasteiger partial charge in [0.2, 0.25) is 10.0 Å². The normalized spacial score (nSPS) is 11.8. The highest BCUT2D eigenvalue weighted by atomic mass is 32.2. The van der Waals surface area contributed by atoms with E-state index in [4.69, 9.17) is 0 Å². The summed E-state index contributed by atoms with van der Waals surface area (Å²) in [6.45, 7) is 6.30. The highest BCUT2D eigenvalue weighted by Gasteiger charge is 2.19. The highest BCUT2D eigenvalue weighted by Crippen LogP contribution is 2.21. The number of aryl methyl sites for hydroxylation is 3. The predicted octanol–water partition coefficient (Wildman–Crippen LogP) is 1.18. The summed E-state index contributed by atoms with van der Waals surface area (Å²) in [6.07, 6.45) is 2.97. The SMILES string of the molecule is Cc1cc(C)c(S(=O)(=O)NCCn2cncn2)c(C)c1. The lowest BCUT2D eigenvalue weighted by Gasteiger charge is -2.13. The quantitative estimate of drug-likeness (QED) is 0.898. The summed E-state index contributed by atoms with van der Waals surface area (Å²) in [5.74, 6) is 0. The molecule has 1 aromatic carbocycles. The van der Waals surface area contributed by atoms with Gasteiger partial charge in [-0.2, -0.15) is 5.10 Å². The number of benzene rings is 1. The van der Waals surface area contributed by atoms with Crippen LogP contribution < -0.4 is 4.72 Å². The van der Waals surface area contributed by atoms with E-state index in [9.17, 15) is 8.42 Å². The first-order chi connectivity index (χ1) is 9.40. The minimum atomic E-state index is -3.50. The van der Waals surface area contributed by atoms with Crippen LogP contribution in [0, 0.1) is 20.8 Å². The lowest BCUT2D eigenvalue weighted by atomic mass is 10.1. The van der Waals surface area contributed by atoms with Crippen molar-refractivity contribution in [3.8, 4) is 0 Å². The van der Waals surface area contributed by atoms with Crippen LogP contribution in [-0.2, 0) is 16.6 Å². The Morgan fingerprint density at radius 3 is 2.40 bits per heavy atom. The van der Waals surface area contributed by atoms with Crippen molar-refractivity contribution in [1.82, 2.24) is 19.5 Å². The molecule has 108 valence electrons. The summed E-state index contributed by atoms with van der Waals surface area (Å²) in [5, 5.41) is 3.93. The molecule has 0 fully saturated rings.